The number of thioether (sulfide) groups is 1. The Labute approximate surface area is 194 Å². The number of amides is 1. The van der Waals surface area contributed by atoms with Crippen LogP contribution in [0.25, 0.3) is 11.4 Å². The van der Waals surface area contributed by atoms with E-state index < -0.39 is 4.92 Å². The van der Waals surface area contributed by atoms with Gasteiger partial charge in [0.2, 0.25) is 5.91 Å². The number of benzene rings is 2. The van der Waals surface area contributed by atoms with Crippen molar-refractivity contribution in [3.8, 4) is 17.1 Å². The Balaban J connectivity index is 1.73. The van der Waals surface area contributed by atoms with Crippen molar-refractivity contribution in [1.29, 1.82) is 0 Å². The number of rotatable bonds is 9. The molecule has 0 saturated heterocycles. The van der Waals surface area contributed by atoms with Crippen LogP contribution in [0.3, 0.4) is 0 Å². The lowest BCUT2D eigenvalue weighted by Gasteiger charge is -2.13. The molecule has 0 aliphatic rings. The quantitative estimate of drug-likeness (QED) is 0.266. The molecule has 168 valence electrons. The van der Waals surface area contributed by atoms with Crippen LogP contribution in [0.2, 0.25) is 5.02 Å². The molecule has 2 aromatic carbocycles. The van der Waals surface area contributed by atoms with Crippen LogP contribution >= 0.6 is 23.4 Å². The van der Waals surface area contributed by atoms with Crippen molar-refractivity contribution in [2.45, 2.75) is 25.5 Å². The van der Waals surface area contributed by atoms with E-state index in [2.05, 4.69) is 29.4 Å². The molecule has 1 amide bonds. The molecule has 3 aromatic rings. The first-order valence-corrected chi connectivity index (χ1v) is 11.1. The van der Waals surface area contributed by atoms with Crippen LogP contribution in [-0.4, -0.2) is 38.5 Å². The molecule has 1 N–H and O–H groups in total. The lowest BCUT2D eigenvalue weighted by atomic mass is 10.2. The summed E-state index contributed by atoms with van der Waals surface area (Å²) in [5.74, 6) is 1.57. The van der Waals surface area contributed by atoms with Gasteiger partial charge in [0.1, 0.15) is 5.75 Å². The third kappa shape index (κ3) is 5.77. The number of nitrogens with one attached hydrogen (secondary N) is 1. The molecule has 3 rings (SSSR count). The molecule has 0 atom stereocenters. The average Bonchev–Trinajstić information content (AvgIpc) is 3.15. The Morgan fingerprint density at radius 1 is 1.25 bits per heavy atom. The van der Waals surface area contributed by atoms with Gasteiger partial charge in [0.15, 0.2) is 11.0 Å². The maximum Gasteiger partial charge on any atom is 0.271 e. The second-order valence-corrected chi connectivity index (χ2v) is 8.65. The molecule has 0 spiro atoms. The highest BCUT2D eigenvalue weighted by molar-refractivity contribution is 7.99. The first-order chi connectivity index (χ1) is 15.3. The highest BCUT2D eigenvalue weighted by atomic mass is 35.5. The van der Waals surface area contributed by atoms with Crippen molar-refractivity contribution in [3.63, 3.8) is 0 Å². The molecular formula is C21H22ClN5O4S. The molecule has 1 heterocycles. The number of ether oxygens (including phenoxy) is 1. The zero-order chi connectivity index (χ0) is 23.3. The van der Waals surface area contributed by atoms with Gasteiger partial charge in [-0.05, 0) is 36.2 Å². The summed E-state index contributed by atoms with van der Waals surface area (Å²) in [5.41, 5.74) is 1.06. The highest BCUT2D eigenvalue weighted by Gasteiger charge is 2.18. The Kier molecular flexibility index (Phi) is 7.70. The number of non-ortho nitro benzene ring substituents is 1. The third-order valence-corrected chi connectivity index (χ3v) is 5.66. The molecular weight excluding hydrogens is 454 g/mol. The normalized spacial score (nSPS) is 10.9. The molecule has 32 heavy (non-hydrogen) atoms. The molecule has 0 aliphatic carbocycles. The number of nitro groups is 1. The van der Waals surface area contributed by atoms with Gasteiger partial charge in [0.05, 0.1) is 28.5 Å². The monoisotopic (exact) mass is 475 g/mol. The number of nitrogens with zero attached hydrogens (tertiary/aromatic N) is 4. The summed E-state index contributed by atoms with van der Waals surface area (Å²) in [6, 6.07) is 11.4. The van der Waals surface area contributed by atoms with Crippen molar-refractivity contribution in [1.82, 2.24) is 14.8 Å². The lowest BCUT2D eigenvalue weighted by Crippen LogP contribution is -2.15. The first kappa shape index (κ1) is 23.6. The molecule has 0 saturated carbocycles. The van der Waals surface area contributed by atoms with Gasteiger partial charge in [0.25, 0.3) is 5.69 Å². The predicted molar refractivity (Wildman–Crippen MR) is 124 cm³/mol. The Hall–Kier alpha value is -3.11. The topological polar surface area (TPSA) is 112 Å². The number of methoxy groups -OCH3 is 1. The summed E-state index contributed by atoms with van der Waals surface area (Å²) >= 11 is 7.30. The highest BCUT2D eigenvalue weighted by Crippen LogP contribution is 2.29. The number of hydrogen-bond acceptors (Lipinski definition) is 7. The number of halogens is 1. The van der Waals surface area contributed by atoms with Crippen molar-refractivity contribution in [2.24, 2.45) is 5.92 Å². The molecule has 1 aromatic heterocycles. The van der Waals surface area contributed by atoms with Crippen LogP contribution in [0.15, 0.2) is 47.6 Å². The van der Waals surface area contributed by atoms with Crippen molar-refractivity contribution >= 4 is 40.6 Å². The van der Waals surface area contributed by atoms with E-state index >= 15 is 0 Å². The maximum absolute atomic E-state index is 12.4. The number of nitro benzene ring substituents is 1. The first-order valence-electron chi connectivity index (χ1n) is 9.72. The number of aromatic nitrogens is 3. The number of carbonyl (C=O) groups is 1. The zero-order valence-corrected chi connectivity index (χ0v) is 19.3. The van der Waals surface area contributed by atoms with Crippen molar-refractivity contribution in [2.75, 3.05) is 18.2 Å². The van der Waals surface area contributed by atoms with Gasteiger partial charge < -0.3 is 14.6 Å². The Morgan fingerprint density at radius 3 is 2.56 bits per heavy atom. The van der Waals surface area contributed by atoms with Crippen LogP contribution < -0.4 is 10.1 Å². The number of anilines is 1. The fourth-order valence-electron chi connectivity index (χ4n) is 2.91. The Morgan fingerprint density at radius 2 is 1.97 bits per heavy atom. The van der Waals surface area contributed by atoms with E-state index in [0.29, 0.717) is 29.1 Å². The van der Waals surface area contributed by atoms with Crippen molar-refractivity contribution in [3.05, 3.63) is 57.6 Å². The zero-order valence-electron chi connectivity index (χ0n) is 17.7. The molecule has 0 bridgehead atoms. The average molecular weight is 476 g/mol. The minimum Gasteiger partial charge on any atom is -0.497 e. The van der Waals surface area contributed by atoms with Gasteiger partial charge in [-0.3, -0.25) is 14.9 Å². The molecule has 0 fully saturated rings. The SMILES string of the molecule is COc1ccc(-c2nnc(SCC(=O)Nc3ccc([N+](=O)[O-])cc3Cl)n2CC(C)C)cc1. The second kappa shape index (κ2) is 10.5. The molecule has 0 aliphatic heterocycles. The fourth-order valence-corrected chi connectivity index (χ4v) is 3.88. The van der Waals surface area contributed by atoms with Crippen LogP contribution in [-0.2, 0) is 11.3 Å². The molecule has 11 heteroatoms. The minimum atomic E-state index is -0.546. The minimum absolute atomic E-state index is 0.0756. The lowest BCUT2D eigenvalue weighted by molar-refractivity contribution is -0.384. The summed E-state index contributed by atoms with van der Waals surface area (Å²) in [7, 11) is 1.61. The molecule has 9 nitrogen and oxygen atoms in total. The third-order valence-electron chi connectivity index (χ3n) is 4.38. The molecule has 0 unspecified atom stereocenters. The fraction of sp³-hybridized carbons (Fsp3) is 0.286. The van der Waals surface area contributed by atoms with Gasteiger partial charge in [-0.15, -0.1) is 10.2 Å². The smallest absolute Gasteiger partial charge is 0.271 e. The molecule has 0 radical (unpaired) electrons. The largest absolute Gasteiger partial charge is 0.497 e. The standard InChI is InChI=1S/C21H22ClN5O4S/c1-13(2)11-26-20(14-4-7-16(31-3)8-5-14)24-25-21(26)32-12-19(28)23-18-9-6-15(27(29)30)10-17(18)22/h4-10,13H,11-12H2,1-3H3,(H,23,28). The second-order valence-electron chi connectivity index (χ2n) is 7.30. The predicted octanol–water partition coefficient (Wildman–Crippen LogP) is 4.90. The van der Waals surface area contributed by atoms with E-state index in [1.807, 2.05) is 28.8 Å². The van der Waals surface area contributed by atoms with E-state index in [1.54, 1.807) is 7.11 Å². The summed E-state index contributed by atoms with van der Waals surface area (Å²) < 4.78 is 7.20. The summed E-state index contributed by atoms with van der Waals surface area (Å²) in [6.07, 6.45) is 0. The summed E-state index contributed by atoms with van der Waals surface area (Å²) in [5, 5.41) is 22.8. The van der Waals surface area contributed by atoms with Crippen LogP contribution in [0.1, 0.15) is 13.8 Å². The number of hydrogen-bond donors (Lipinski definition) is 1. The van der Waals surface area contributed by atoms with E-state index in [4.69, 9.17) is 16.3 Å². The van der Waals surface area contributed by atoms with E-state index in [1.165, 1.54) is 30.0 Å². The summed E-state index contributed by atoms with van der Waals surface area (Å²) in [4.78, 5) is 22.7. The van der Waals surface area contributed by atoms with Gasteiger partial charge in [-0.25, -0.2) is 0 Å². The van der Waals surface area contributed by atoms with Crippen LogP contribution in [0, 0.1) is 16.0 Å². The van der Waals surface area contributed by atoms with Crippen LogP contribution in [0.4, 0.5) is 11.4 Å². The van der Waals surface area contributed by atoms with E-state index in [0.717, 1.165) is 11.3 Å². The number of carbonyl (C=O) groups excluding carboxylic acids is 1. The van der Waals surface area contributed by atoms with Gasteiger partial charge in [-0.2, -0.15) is 0 Å². The van der Waals surface area contributed by atoms with E-state index in [9.17, 15) is 14.9 Å². The van der Waals surface area contributed by atoms with Gasteiger partial charge >= 0.3 is 0 Å². The van der Waals surface area contributed by atoms with Crippen molar-refractivity contribution < 1.29 is 14.5 Å². The Bertz CT molecular complexity index is 1120. The van der Waals surface area contributed by atoms with E-state index in [-0.39, 0.29) is 22.4 Å². The van der Waals surface area contributed by atoms with Gasteiger partial charge in [0, 0.05) is 24.2 Å². The maximum atomic E-state index is 12.4. The van der Waals surface area contributed by atoms with Crippen LogP contribution in [0.5, 0.6) is 5.75 Å². The summed E-state index contributed by atoms with van der Waals surface area (Å²) in [6.45, 7) is 4.87. The van der Waals surface area contributed by atoms with Gasteiger partial charge in [-0.1, -0.05) is 37.2 Å².